The van der Waals surface area contributed by atoms with E-state index in [1.165, 1.54) is 31.4 Å². The molecule has 240 valence electrons. The third kappa shape index (κ3) is 6.64. The normalized spacial score (nSPS) is 13.8. The molecule has 0 saturated carbocycles. The molecule has 11 heteroatoms. The number of aryl methyl sites for hydroxylation is 1. The maximum atomic E-state index is 15.8. The Morgan fingerprint density at radius 3 is 2.45 bits per heavy atom. The third-order valence-electron chi connectivity index (χ3n) is 8.48. The molecule has 0 bridgehead atoms. The second-order valence-electron chi connectivity index (χ2n) is 11.4. The minimum Gasteiger partial charge on any atom is -0.494 e. The fourth-order valence-corrected chi connectivity index (χ4v) is 5.85. The molecule has 1 aliphatic heterocycles. The predicted octanol–water partition coefficient (Wildman–Crippen LogP) is 7.05. The van der Waals surface area contributed by atoms with E-state index in [4.69, 9.17) is 19.5 Å². The highest BCUT2D eigenvalue weighted by molar-refractivity contribution is 5.98. The molecule has 1 aliphatic rings. The van der Waals surface area contributed by atoms with E-state index in [9.17, 15) is 13.6 Å². The molecule has 0 unspecified atom stereocenters. The number of halogens is 3. The highest BCUT2D eigenvalue weighted by atomic mass is 19.1. The van der Waals surface area contributed by atoms with Crippen LogP contribution in [-0.4, -0.2) is 40.6 Å². The van der Waals surface area contributed by atoms with Gasteiger partial charge in [-0.25, -0.2) is 22.9 Å². The summed E-state index contributed by atoms with van der Waals surface area (Å²) in [5.74, 6) is -1.34. The maximum absolute atomic E-state index is 15.8. The van der Waals surface area contributed by atoms with Gasteiger partial charge in [-0.2, -0.15) is 5.26 Å². The van der Waals surface area contributed by atoms with Crippen LogP contribution in [0.4, 0.5) is 13.2 Å². The summed E-state index contributed by atoms with van der Waals surface area (Å²) in [4.78, 5) is 19.8. The molecule has 0 N–H and O–H groups in total. The number of carbonyl (C=O) groups is 1. The summed E-state index contributed by atoms with van der Waals surface area (Å²) in [6, 6.07) is 20.5. The fourth-order valence-electron chi connectivity index (χ4n) is 5.85. The minimum atomic E-state index is -0.838. The third-order valence-corrected chi connectivity index (χ3v) is 8.48. The summed E-state index contributed by atoms with van der Waals surface area (Å²) in [6.07, 6.45) is 1.57. The van der Waals surface area contributed by atoms with Crippen molar-refractivity contribution >= 4 is 17.0 Å². The van der Waals surface area contributed by atoms with E-state index in [1.54, 1.807) is 54.1 Å². The molecule has 2 heterocycles. The molecule has 0 radical (unpaired) electrons. The highest BCUT2D eigenvalue weighted by Crippen LogP contribution is 2.34. The van der Waals surface area contributed by atoms with Crippen molar-refractivity contribution in [2.24, 2.45) is 7.05 Å². The van der Waals surface area contributed by atoms with Crippen LogP contribution in [-0.2, 0) is 20.2 Å². The van der Waals surface area contributed by atoms with E-state index in [1.807, 2.05) is 6.07 Å². The molecule has 6 rings (SSSR count). The summed E-state index contributed by atoms with van der Waals surface area (Å²) < 4.78 is 62.8. The van der Waals surface area contributed by atoms with Gasteiger partial charge in [-0.15, -0.1) is 0 Å². The lowest BCUT2D eigenvalue weighted by atomic mass is 9.89. The van der Waals surface area contributed by atoms with E-state index in [0.717, 1.165) is 24.5 Å². The molecule has 8 nitrogen and oxygen atoms in total. The van der Waals surface area contributed by atoms with Crippen molar-refractivity contribution in [2.75, 3.05) is 20.2 Å². The van der Waals surface area contributed by atoms with Crippen LogP contribution in [0.25, 0.3) is 11.0 Å². The largest absolute Gasteiger partial charge is 0.494 e. The van der Waals surface area contributed by atoms with Gasteiger partial charge in [0.15, 0.2) is 17.4 Å². The summed E-state index contributed by atoms with van der Waals surface area (Å²) >= 11 is 0. The van der Waals surface area contributed by atoms with Crippen LogP contribution >= 0.6 is 0 Å². The molecule has 47 heavy (non-hydrogen) atoms. The van der Waals surface area contributed by atoms with Crippen molar-refractivity contribution in [1.82, 2.24) is 14.5 Å². The first kappa shape index (κ1) is 31.6. The number of methoxy groups -OCH3 is 1. The lowest BCUT2D eigenvalue weighted by molar-refractivity contribution is 0.0729. The van der Waals surface area contributed by atoms with Crippen molar-refractivity contribution in [3.05, 3.63) is 118 Å². The molecule has 1 saturated heterocycles. The minimum absolute atomic E-state index is 0.0383. The van der Waals surface area contributed by atoms with E-state index >= 15 is 4.39 Å². The van der Waals surface area contributed by atoms with Gasteiger partial charge in [-0.05, 0) is 73.8 Å². The van der Waals surface area contributed by atoms with Gasteiger partial charge < -0.3 is 18.8 Å². The van der Waals surface area contributed by atoms with Gasteiger partial charge in [-0.1, -0.05) is 30.3 Å². The van der Waals surface area contributed by atoms with E-state index in [0.29, 0.717) is 36.7 Å². The Labute approximate surface area is 269 Å². The van der Waals surface area contributed by atoms with Crippen LogP contribution in [0, 0.1) is 28.8 Å². The first-order valence-corrected chi connectivity index (χ1v) is 15.1. The standard InChI is InChI=1S/C36H31F3N4O4/c1-42-32(41-34-31(45-2)18-27(33(39)35(34)42)36(44)47-26-6-4-3-5-7-26)20-43-14-12-23(13-15-43)24-10-11-28(37)30(17-24)46-21-25-9-8-22(19-40)16-29(25)38/h3-11,16-18,23H,12-15,20-21H2,1-2H3. The van der Waals surface area contributed by atoms with Crippen LogP contribution in [0.15, 0.2) is 72.8 Å². The van der Waals surface area contributed by atoms with Gasteiger partial charge in [0.2, 0.25) is 0 Å². The monoisotopic (exact) mass is 640 g/mol. The topological polar surface area (TPSA) is 89.6 Å². The average molecular weight is 641 g/mol. The number of fused-ring (bicyclic) bond motifs is 1. The van der Waals surface area contributed by atoms with Gasteiger partial charge in [-0.3, -0.25) is 4.90 Å². The number of benzene rings is 4. The average Bonchev–Trinajstić information content (AvgIpc) is 3.41. The summed E-state index contributed by atoms with van der Waals surface area (Å²) in [7, 11) is 3.14. The zero-order valence-electron chi connectivity index (χ0n) is 25.8. The molecule has 1 aromatic heterocycles. The zero-order valence-corrected chi connectivity index (χ0v) is 25.8. The molecular formula is C36H31F3N4O4. The predicted molar refractivity (Wildman–Crippen MR) is 168 cm³/mol. The first-order valence-electron chi connectivity index (χ1n) is 15.1. The number of imidazole rings is 1. The number of hydrogen-bond acceptors (Lipinski definition) is 7. The van der Waals surface area contributed by atoms with Crippen molar-refractivity contribution in [3.8, 4) is 23.3 Å². The maximum Gasteiger partial charge on any atom is 0.346 e. The summed E-state index contributed by atoms with van der Waals surface area (Å²) in [5, 5.41) is 8.94. The molecule has 0 atom stereocenters. The zero-order chi connectivity index (χ0) is 33.1. The van der Waals surface area contributed by atoms with Gasteiger partial charge in [0.1, 0.15) is 46.3 Å². The van der Waals surface area contributed by atoms with Crippen LogP contribution in [0.5, 0.6) is 17.2 Å². The Kier molecular flexibility index (Phi) is 9.13. The van der Waals surface area contributed by atoms with E-state index < -0.39 is 23.4 Å². The Hall–Kier alpha value is -5.34. The second kappa shape index (κ2) is 13.6. The summed E-state index contributed by atoms with van der Waals surface area (Å²) in [5.41, 5.74) is 1.56. The number of nitrogens with zero attached hydrogens (tertiary/aromatic N) is 4. The van der Waals surface area contributed by atoms with E-state index in [2.05, 4.69) is 9.88 Å². The van der Waals surface area contributed by atoms with Crippen LogP contribution < -0.4 is 14.2 Å². The Bertz CT molecular complexity index is 1980. The lowest BCUT2D eigenvalue weighted by Crippen LogP contribution is -2.33. The Morgan fingerprint density at radius 2 is 1.74 bits per heavy atom. The lowest BCUT2D eigenvalue weighted by Gasteiger charge is -2.32. The number of nitriles is 1. The summed E-state index contributed by atoms with van der Waals surface area (Å²) in [6.45, 7) is 1.70. The molecule has 0 aliphatic carbocycles. The number of hydrogen-bond donors (Lipinski definition) is 0. The van der Waals surface area contributed by atoms with Crippen molar-refractivity contribution in [1.29, 1.82) is 5.26 Å². The molecule has 5 aromatic rings. The van der Waals surface area contributed by atoms with Crippen LogP contribution in [0.3, 0.4) is 0 Å². The molecule has 0 spiro atoms. The number of esters is 1. The number of rotatable bonds is 9. The second-order valence-corrected chi connectivity index (χ2v) is 11.4. The van der Waals surface area contributed by atoms with Gasteiger partial charge in [0.05, 0.1) is 25.3 Å². The van der Waals surface area contributed by atoms with Crippen molar-refractivity contribution < 1.29 is 32.2 Å². The molecule has 1 fully saturated rings. The smallest absolute Gasteiger partial charge is 0.346 e. The SMILES string of the molecule is COc1cc(C(=O)Oc2ccccc2)c(F)c2c1nc(CN1CCC(c3ccc(F)c(OCc4ccc(C#N)cc4F)c3)CC1)n2C. The van der Waals surface area contributed by atoms with Gasteiger partial charge >= 0.3 is 5.97 Å². The van der Waals surface area contributed by atoms with E-state index in [-0.39, 0.29) is 46.2 Å². The molecule has 0 amide bonds. The number of ether oxygens (including phenoxy) is 3. The number of para-hydroxylation sites is 1. The number of carbonyl (C=O) groups excluding carboxylic acids is 1. The van der Waals surface area contributed by atoms with Crippen LogP contribution in [0.2, 0.25) is 0 Å². The highest BCUT2D eigenvalue weighted by Gasteiger charge is 2.27. The Morgan fingerprint density at radius 1 is 0.979 bits per heavy atom. The number of likely N-dealkylation sites (tertiary alicyclic amines) is 1. The van der Waals surface area contributed by atoms with Crippen molar-refractivity contribution in [3.63, 3.8) is 0 Å². The molecular weight excluding hydrogens is 609 g/mol. The molecule has 4 aromatic carbocycles. The van der Waals surface area contributed by atoms with Gasteiger partial charge in [0.25, 0.3) is 0 Å². The quantitative estimate of drug-likeness (QED) is 0.126. The number of piperidine rings is 1. The van der Waals surface area contributed by atoms with Crippen molar-refractivity contribution in [2.45, 2.75) is 31.9 Å². The number of aromatic nitrogens is 2. The van der Waals surface area contributed by atoms with Gasteiger partial charge in [0, 0.05) is 18.7 Å². The Balaban J connectivity index is 1.13. The first-order chi connectivity index (χ1) is 22.7. The fraction of sp³-hybridized carbons (Fsp3) is 0.250. The van der Waals surface area contributed by atoms with Crippen LogP contribution in [0.1, 0.15) is 51.6 Å².